The second-order valence-corrected chi connectivity index (χ2v) is 4.96. The molecule has 1 N–H and O–H groups in total. The highest BCUT2D eigenvalue weighted by Gasteiger charge is 2.17. The van der Waals surface area contributed by atoms with E-state index in [1.54, 1.807) is 43.6 Å². The van der Waals surface area contributed by atoms with Gasteiger partial charge in [0.2, 0.25) is 5.88 Å². The summed E-state index contributed by atoms with van der Waals surface area (Å²) < 4.78 is 16.1. The molecule has 0 aliphatic rings. The molecule has 0 saturated heterocycles. The smallest absolute Gasteiger partial charge is 0.224 e. The lowest BCUT2D eigenvalue weighted by Crippen LogP contribution is -2.21. The van der Waals surface area contributed by atoms with Crippen LogP contribution in [0.2, 0.25) is 0 Å². The lowest BCUT2D eigenvalue weighted by atomic mass is 10.0. The number of hydrogen-bond donors (Lipinski definition) is 1. The molecule has 0 radical (unpaired) electrons. The Balaban J connectivity index is 2.23. The third-order valence-electron chi connectivity index (χ3n) is 3.43. The monoisotopic (exact) mass is 330 g/mol. The molecule has 2 rings (SSSR count). The molecule has 24 heavy (non-hydrogen) atoms. The van der Waals surface area contributed by atoms with Crippen LogP contribution in [0.15, 0.2) is 36.5 Å². The summed E-state index contributed by atoms with van der Waals surface area (Å²) in [5.41, 5.74) is 0.901. The van der Waals surface area contributed by atoms with Gasteiger partial charge in [-0.15, -0.1) is 0 Å². The molecule has 1 heterocycles. The zero-order valence-corrected chi connectivity index (χ0v) is 14.2. The Bertz CT molecular complexity index is 688. The van der Waals surface area contributed by atoms with Gasteiger partial charge in [0.15, 0.2) is 17.3 Å². The standard InChI is InChI=1S/C18H22N2O4/c1-4-19-10-11-24-18-14(6-5-9-20-18)17(21)13-7-8-15(22-2)16(12-13)23-3/h5-9,12,19H,4,10-11H2,1-3H3. The number of methoxy groups -OCH3 is 2. The van der Waals surface area contributed by atoms with Crippen molar-refractivity contribution in [2.24, 2.45) is 0 Å². The first-order chi connectivity index (χ1) is 11.7. The number of carbonyl (C=O) groups excluding carboxylic acids is 1. The highest BCUT2D eigenvalue weighted by atomic mass is 16.5. The molecule has 0 saturated carbocycles. The summed E-state index contributed by atoms with van der Waals surface area (Å²) in [6, 6.07) is 8.46. The molecule has 0 bridgehead atoms. The lowest BCUT2D eigenvalue weighted by molar-refractivity contribution is 0.103. The summed E-state index contributed by atoms with van der Waals surface area (Å²) in [6.07, 6.45) is 1.61. The summed E-state index contributed by atoms with van der Waals surface area (Å²) in [5.74, 6) is 1.22. The number of benzene rings is 1. The van der Waals surface area contributed by atoms with Crippen molar-refractivity contribution in [1.82, 2.24) is 10.3 Å². The van der Waals surface area contributed by atoms with E-state index >= 15 is 0 Å². The van der Waals surface area contributed by atoms with Gasteiger partial charge in [-0.05, 0) is 36.9 Å². The van der Waals surface area contributed by atoms with Gasteiger partial charge in [0.1, 0.15) is 6.61 Å². The Labute approximate surface area is 141 Å². The van der Waals surface area contributed by atoms with E-state index in [1.165, 1.54) is 7.11 Å². The number of likely N-dealkylation sites (N-methyl/N-ethyl adjacent to an activating group) is 1. The number of hydrogen-bond acceptors (Lipinski definition) is 6. The highest BCUT2D eigenvalue weighted by molar-refractivity contribution is 6.10. The maximum atomic E-state index is 12.8. The van der Waals surface area contributed by atoms with Crippen LogP contribution in [0.3, 0.4) is 0 Å². The fourth-order valence-corrected chi connectivity index (χ4v) is 2.21. The average molecular weight is 330 g/mol. The summed E-state index contributed by atoms with van der Waals surface area (Å²) in [7, 11) is 3.09. The van der Waals surface area contributed by atoms with Crippen LogP contribution in [0.4, 0.5) is 0 Å². The number of nitrogens with zero attached hydrogens (tertiary/aromatic N) is 1. The van der Waals surface area contributed by atoms with Gasteiger partial charge in [0.25, 0.3) is 0 Å². The molecule has 0 atom stereocenters. The largest absolute Gasteiger partial charge is 0.493 e. The van der Waals surface area contributed by atoms with Gasteiger partial charge in [0.05, 0.1) is 19.8 Å². The first kappa shape index (κ1) is 17.7. The third kappa shape index (κ3) is 4.23. The first-order valence-electron chi connectivity index (χ1n) is 7.76. The fourth-order valence-electron chi connectivity index (χ4n) is 2.21. The zero-order valence-electron chi connectivity index (χ0n) is 14.2. The van der Waals surface area contributed by atoms with Crippen LogP contribution in [0, 0.1) is 0 Å². The first-order valence-corrected chi connectivity index (χ1v) is 7.76. The molecule has 6 nitrogen and oxygen atoms in total. The molecule has 1 aromatic carbocycles. The molecule has 2 aromatic rings. The van der Waals surface area contributed by atoms with E-state index < -0.39 is 0 Å². The second-order valence-electron chi connectivity index (χ2n) is 4.96. The minimum atomic E-state index is -0.178. The van der Waals surface area contributed by atoms with Crippen LogP contribution in [0.25, 0.3) is 0 Å². The number of ketones is 1. The number of ether oxygens (including phenoxy) is 3. The van der Waals surface area contributed by atoms with Crippen LogP contribution < -0.4 is 19.5 Å². The van der Waals surface area contributed by atoms with E-state index in [-0.39, 0.29) is 5.78 Å². The van der Waals surface area contributed by atoms with Crippen molar-refractivity contribution in [3.63, 3.8) is 0 Å². The quantitative estimate of drug-likeness (QED) is 0.562. The van der Waals surface area contributed by atoms with Crippen LogP contribution >= 0.6 is 0 Å². The van der Waals surface area contributed by atoms with Crippen molar-refractivity contribution >= 4 is 5.78 Å². The van der Waals surface area contributed by atoms with Crippen molar-refractivity contribution in [2.75, 3.05) is 33.9 Å². The maximum Gasteiger partial charge on any atom is 0.224 e. The van der Waals surface area contributed by atoms with Crippen LogP contribution in [0.1, 0.15) is 22.8 Å². The van der Waals surface area contributed by atoms with Crippen molar-refractivity contribution in [1.29, 1.82) is 0 Å². The van der Waals surface area contributed by atoms with Gasteiger partial charge in [0, 0.05) is 18.3 Å². The Hall–Kier alpha value is -2.60. The third-order valence-corrected chi connectivity index (χ3v) is 3.43. The number of carbonyl (C=O) groups is 1. The van der Waals surface area contributed by atoms with Gasteiger partial charge in [-0.1, -0.05) is 6.92 Å². The van der Waals surface area contributed by atoms with Gasteiger partial charge >= 0.3 is 0 Å². The van der Waals surface area contributed by atoms with Gasteiger partial charge in [-0.25, -0.2) is 4.98 Å². The fraction of sp³-hybridized carbons (Fsp3) is 0.333. The zero-order chi connectivity index (χ0) is 17.4. The van der Waals surface area contributed by atoms with Crippen molar-refractivity contribution in [2.45, 2.75) is 6.92 Å². The number of pyridine rings is 1. The van der Waals surface area contributed by atoms with E-state index in [9.17, 15) is 4.79 Å². The molecule has 128 valence electrons. The molecule has 0 aliphatic carbocycles. The lowest BCUT2D eigenvalue weighted by Gasteiger charge is -2.11. The molecular weight excluding hydrogens is 308 g/mol. The second kappa shape index (κ2) is 8.88. The molecule has 1 aromatic heterocycles. The van der Waals surface area contributed by atoms with E-state index in [0.29, 0.717) is 41.7 Å². The average Bonchev–Trinajstić information content (AvgIpc) is 2.64. The molecule has 0 amide bonds. The summed E-state index contributed by atoms with van der Waals surface area (Å²) >= 11 is 0. The van der Waals surface area contributed by atoms with E-state index in [4.69, 9.17) is 14.2 Å². The van der Waals surface area contributed by atoms with Crippen molar-refractivity contribution in [3.8, 4) is 17.4 Å². The Morgan fingerprint density at radius 2 is 1.96 bits per heavy atom. The molecule has 0 spiro atoms. The predicted molar refractivity (Wildman–Crippen MR) is 91.3 cm³/mol. The predicted octanol–water partition coefficient (Wildman–Crippen LogP) is 2.32. The molecular formula is C18H22N2O4. The maximum absolute atomic E-state index is 12.8. The summed E-state index contributed by atoms with van der Waals surface area (Å²) in [6.45, 7) is 4.02. The molecule has 0 unspecified atom stereocenters. The Morgan fingerprint density at radius 3 is 2.67 bits per heavy atom. The van der Waals surface area contributed by atoms with Crippen molar-refractivity contribution < 1.29 is 19.0 Å². The number of aromatic nitrogens is 1. The normalized spacial score (nSPS) is 10.3. The number of rotatable bonds is 9. The Morgan fingerprint density at radius 1 is 1.17 bits per heavy atom. The summed E-state index contributed by atoms with van der Waals surface area (Å²) in [5, 5.41) is 3.16. The van der Waals surface area contributed by atoms with Gasteiger partial charge in [-0.3, -0.25) is 4.79 Å². The molecule has 0 fully saturated rings. The van der Waals surface area contributed by atoms with E-state index in [2.05, 4.69) is 10.3 Å². The topological polar surface area (TPSA) is 69.7 Å². The highest BCUT2D eigenvalue weighted by Crippen LogP contribution is 2.29. The van der Waals surface area contributed by atoms with Gasteiger partial charge in [-0.2, -0.15) is 0 Å². The van der Waals surface area contributed by atoms with E-state index in [0.717, 1.165) is 6.54 Å². The van der Waals surface area contributed by atoms with Crippen molar-refractivity contribution in [3.05, 3.63) is 47.7 Å². The molecule has 0 aliphatic heterocycles. The minimum Gasteiger partial charge on any atom is -0.493 e. The Kier molecular flexibility index (Phi) is 6.57. The SMILES string of the molecule is CCNCCOc1ncccc1C(=O)c1ccc(OC)c(OC)c1. The van der Waals surface area contributed by atoms with Gasteiger partial charge < -0.3 is 19.5 Å². The summed E-state index contributed by atoms with van der Waals surface area (Å²) in [4.78, 5) is 17.0. The van der Waals surface area contributed by atoms with E-state index in [1.807, 2.05) is 6.92 Å². The molecule has 6 heteroatoms. The van der Waals surface area contributed by atoms with Crippen LogP contribution in [-0.2, 0) is 0 Å². The minimum absolute atomic E-state index is 0.178. The van der Waals surface area contributed by atoms with Crippen LogP contribution in [-0.4, -0.2) is 44.7 Å². The van der Waals surface area contributed by atoms with Crippen LogP contribution in [0.5, 0.6) is 17.4 Å². The number of nitrogens with one attached hydrogen (secondary N) is 1.